The summed E-state index contributed by atoms with van der Waals surface area (Å²) < 4.78 is 7.28. The van der Waals surface area contributed by atoms with Gasteiger partial charge in [-0.25, -0.2) is 0 Å². The molecule has 4 heteroatoms. The predicted molar refractivity (Wildman–Crippen MR) is 87.5 cm³/mol. The highest BCUT2D eigenvalue weighted by Crippen LogP contribution is 2.24. The van der Waals surface area contributed by atoms with Gasteiger partial charge in [-0.1, -0.05) is 12.1 Å². The van der Waals surface area contributed by atoms with Crippen molar-refractivity contribution in [2.45, 2.75) is 38.3 Å². The van der Waals surface area contributed by atoms with Crippen molar-refractivity contribution in [3.63, 3.8) is 0 Å². The highest BCUT2D eigenvalue weighted by Gasteiger charge is 2.24. The summed E-state index contributed by atoms with van der Waals surface area (Å²) in [5.74, 6) is 1.01. The molecule has 2 rings (SSSR count). The van der Waals surface area contributed by atoms with E-state index in [9.17, 15) is 0 Å². The molecule has 1 fully saturated rings. The zero-order chi connectivity index (χ0) is 13.9. The van der Waals surface area contributed by atoms with Crippen molar-refractivity contribution in [1.29, 1.82) is 0 Å². The van der Waals surface area contributed by atoms with Crippen molar-refractivity contribution in [2.24, 2.45) is 5.73 Å². The molecule has 1 heterocycles. The maximum Gasteiger partial charge on any atom is 0.133 e. The van der Waals surface area contributed by atoms with Crippen LogP contribution in [0, 0.1) is 3.57 Å². The predicted octanol–water partition coefficient (Wildman–Crippen LogP) is 2.87. The largest absolute Gasteiger partial charge is 0.489 e. The Morgan fingerprint density at radius 3 is 2.53 bits per heavy atom. The van der Waals surface area contributed by atoms with Crippen molar-refractivity contribution in [3.8, 4) is 5.75 Å². The first-order valence-electron chi connectivity index (χ1n) is 6.86. The van der Waals surface area contributed by atoms with Gasteiger partial charge in [0, 0.05) is 25.2 Å². The number of hydrogen-bond donors (Lipinski definition) is 1. The molecule has 0 saturated carbocycles. The fourth-order valence-corrected chi connectivity index (χ4v) is 3.00. The Labute approximate surface area is 129 Å². The van der Waals surface area contributed by atoms with Gasteiger partial charge in [-0.15, -0.1) is 0 Å². The lowest BCUT2D eigenvalue weighted by Crippen LogP contribution is -2.49. The number of halogens is 1. The van der Waals surface area contributed by atoms with E-state index < -0.39 is 0 Å². The summed E-state index contributed by atoms with van der Waals surface area (Å²) in [6.45, 7) is 7.29. The Kier molecular flexibility index (Phi) is 5.09. The maximum atomic E-state index is 6.10. The Balaban J connectivity index is 1.82. The topological polar surface area (TPSA) is 38.5 Å². The van der Waals surface area contributed by atoms with E-state index in [1.54, 1.807) is 0 Å². The molecule has 0 radical (unpaired) electrons. The first kappa shape index (κ1) is 15.1. The number of hydrogen-bond acceptors (Lipinski definition) is 3. The highest BCUT2D eigenvalue weighted by atomic mass is 127. The molecule has 106 valence electrons. The quantitative estimate of drug-likeness (QED) is 0.824. The van der Waals surface area contributed by atoms with Gasteiger partial charge in [0.25, 0.3) is 0 Å². The summed E-state index contributed by atoms with van der Waals surface area (Å²) in [5.41, 5.74) is 5.96. The van der Waals surface area contributed by atoms with E-state index in [1.807, 2.05) is 12.1 Å². The van der Waals surface area contributed by atoms with Gasteiger partial charge >= 0.3 is 0 Å². The maximum absolute atomic E-state index is 6.10. The van der Waals surface area contributed by atoms with E-state index in [4.69, 9.17) is 10.5 Å². The lowest BCUT2D eigenvalue weighted by molar-refractivity contribution is 0.0898. The van der Waals surface area contributed by atoms with Crippen LogP contribution in [0.5, 0.6) is 5.75 Å². The number of para-hydroxylation sites is 1. The van der Waals surface area contributed by atoms with Crippen molar-refractivity contribution >= 4 is 22.6 Å². The molecule has 0 amide bonds. The van der Waals surface area contributed by atoms with Crippen LogP contribution < -0.4 is 10.5 Å². The van der Waals surface area contributed by atoms with Crippen LogP contribution in [-0.2, 0) is 0 Å². The molecule has 1 aliphatic rings. The zero-order valence-corrected chi connectivity index (χ0v) is 13.9. The van der Waals surface area contributed by atoms with E-state index in [-0.39, 0.29) is 5.54 Å². The van der Waals surface area contributed by atoms with Crippen LogP contribution in [0.1, 0.15) is 26.7 Å². The number of nitrogens with two attached hydrogens (primary N) is 1. The van der Waals surface area contributed by atoms with Gasteiger partial charge in [0.1, 0.15) is 11.9 Å². The van der Waals surface area contributed by atoms with E-state index in [0.717, 1.165) is 38.2 Å². The summed E-state index contributed by atoms with van der Waals surface area (Å²) in [6.07, 6.45) is 2.51. The third kappa shape index (κ3) is 4.93. The van der Waals surface area contributed by atoms with Crippen LogP contribution in [0.3, 0.4) is 0 Å². The molecular weight excluding hydrogens is 351 g/mol. The molecule has 0 bridgehead atoms. The van der Waals surface area contributed by atoms with Gasteiger partial charge in [-0.3, -0.25) is 0 Å². The summed E-state index contributed by atoms with van der Waals surface area (Å²) in [4.78, 5) is 2.44. The van der Waals surface area contributed by atoms with Crippen LogP contribution in [-0.4, -0.2) is 36.2 Å². The molecule has 1 aliphatic heterocycles. The van der Waals surface area contributed by atoms with Gasteiger partial charge in [0.2, 0.25) is 0 Å². The standard InChI is InChI=1S/C15H23IN2O/c1-15(2,17)11-18-9-7-12(8-10-18)19-14-6-4-3-5-13(14)16/h3-6,12H,7-11,17H2,1-2H3. The minimum absolute atomic E-state index is 0.109. The summed E-state index contributed by atoms with van der Waals surface area (Å²) in [6, 6.07) is 8.21. The molecule has 1 saturated heterocycles. The summed E-state index contributed by atoms with van der Waals surface area (Å²) in [5, 5.41) is 0. The Bertz CT molecular complexity index is 409. The second kappa shape index (κ2) is 6.41. The number of nitrogens with zero attached hydrogens (tertiary/aromatic N) is 1. The Morgan fingerprint density at radius 1 is 1.32 bits per heavy atom. The average molecular weight is 374 g/mol. The van der Waals surface area contributed by atoms with Crippen LogP contribution >= 0.6 is 22.6 Å². The Hall–Kier alpha value is -0.330. The lowest BCUT2D eigenvalue weighted by atomic mass is 10.0. The molecule has 1 aromatic carbocycles. The van der Waals surface area contributed by atoms with Crippen LogP contribution in [0.2, 0.25) is 0 Å². The Morgan fingerprint density at radius 2 is 1.95 bits per heavy atom. The van der Waals surface area contributed by atoms with Crippen LogP contribution in [0.25, 0.3) is 0 Å². The third-order valence-corrected chi connectivity index (χ3v) is 4.19. The molecule has 0 atom stereocenters. The minimum Gasteiger partial charge on any atom is -0.489 e. The number of benzene rings is 1. The van der Waals surface area contributed by atoms with Gasteiger partial charge in [0.05, 0.1) is 3.57 Å². The van der Waals surface area contributed by atoms with Crippen molar-refractivity contribution in [2.75, 3.05) is 19.6 Å². The highest BCUT2D eigenvalue weighted by molar-refractivity contribution is 14.1. The molecule has 3 nitrogen and oxygen atoms in total. The second-order valence-electron chi connectivity index (χ2n) is 6.01. The van der Waals surface area contributed by atoms with Gasteiger partial charge < -0.3 is 15.4 Å². The molecule has 19 heavy (non-hydrogen) atoms. The van der Waals surface area contributed by atoms with Gasteiger partial charge in [-0.2, -0.15) is 0 Å². The minimum atomic E-state index is -0.109. The molecule has 0 unspecified atom stereocenters. The number of piperidine rings is 1. The number of ether oxygens (including phenoxy) is 1. The fourth-order valence-electron chi connectivity index (χ4n) is 2.48. The fraction of sp³-hybridized carbons (Fsp3) is 0.600. The molecule has 0 aliphatic carbocycles. The van der Waals surface area contributed by atoms with Crippen LogP contribution in [0.15, 0.2) is 24.3 Å². The smallest absolute Gasteiger partial charge is 0.133 e. The van der Waals surface area contributed by atoms with E-state index in [2.05, 4.69) is 53.5 Å². The first-order valence-corrected chi connectivity index (χ1v) is 7.94. The lowest BCUT2D eigenvalue weighted by Gasteiger charge is -2.35. The summed E-state index contributed by atoms with van der Waals surface area (Å²) in [7, 11) is 0. The normalized spacial score (nSPS) is 18.5. The monoisotopic (exact) mass is 374 g/mol. The second-order valence-corrected chi connectivity index (χ2v) is 7.17. The van der Waals surface area contributed by atoms with Gasteiger partial charge in [0.15, 0.2) is 0 Å². The van der Waals surface area contributed by atoms with E-state index in [1.165, 1.54) is 3.57 Å². The summed E-state index contributed by atoms with van der Waals surface area (Å²) >= 11 is 2.33. The van der Waals surface area contributed by atoms with Crippen LogP contribution in [0.4, 0.5) is 0 Å². The number of rotatable bonds is 4. The molecule has 0 aromatic heterocycles. The third-order valence-electron chi connectivity index (χ3n) is 3.30. The average Bonchev–Trinajstić information content (AvgIpc) is 2.33. The van der Waals surface area contributed by atoms with Crippen molar-refractivity contribution in [1.82, 2.24) is 4.90 Å². The zero-order valence-electron chi connectivity index (χ0n) is 11.7. The molecule has 0 spiro atoms. The van der Waals surface area contributed by atoms with Gasteiger partial charge in [-0.05, 0) is 61.4 Å². The first-order chi connectivity index (χ1) is 8.94. The number of likely N-dealkylation sites (tertiary alicyclic amines) is 1. The molecule has 2 N–H and O–H groups in total. The van der Waals surface area contributed by atoms with E-state index in [0.29, 0.717) is 6.10 Å². The SMILES string of the molecule is CC(C)(N)CN1CCC(Oc2ccccc2I)CC1. The van der Waals surface area contributed by atoms with E-state index >= 15 is 0 Å². The van der Waals surface area contributed by atoms with Crippen molar-refractivity contribution in [3.05, 3.63) is 27.8 Å². The van der Waals surface area contributed by atoms with Crippen molar-refractivity contribution < 1.29 is 4.74 Å². The molecular formula is C15H23IN2O. The molecule has 1 aromatic rings.